The Labute approximate surface area is 322 Å². The van der Waals surface area contributed by atoms with Gasteiger partial charge in [-0.1, -0.05) is 55.4 Å². The molecule has 3 rings (SSSR count). The highest BCUT2D eigenvalue weighted by Gasteiger charge is 2.67. The zero-order valence-corrected chi connectivity index (χ0v) is 37.3. The predicted molar refractivity (Wildman–Crippen MR) is 212 cm³/mol. The summed E-state index contributed by atoms with van der Waals surface area (Å²) >= 11 is 0. The summed E-state index contributed by atoms with van der Waals surface area (Å²) in [4.78, 5) is 52.8. The number of carbonyl (C=O) groups is 2. The van der Waals surface area contributed by atoms with Crippen molar-refractivity contribution in [3.63, 3.8) is 0 Å². The second-order valence-corrected chi connectivity index (χ2v) is 28.9. The first-order valence-corrected chi connectivity index (χ1v) is 25.8. The van der Waals surface area contributed by atoms with Crippen molar-refractivity contribution in [1.82, 2.24) is 19.8 Å². The Kier molecular flexibility index (Phi) is 13.6. The van der Waals surface area contributed by atoms with Crippen LogP contribution in [0.15, 0.2) is 26.9 Å². The molecule has 0 aliphatic carbocycles. The van der Waals surface area contributed by atoms with E-state index in [4.69, 9.17) is 29.2 Å². The Morgan fingerprint density at radius 1 is 1.02 bits per heavy atom. The number of aryl methyl sites for hydroxylation is 1. The van der Waals surface area contributed by atoms with Crippen LogP contribution in [-0.2, 0) is 44.0 Å². The molecular formula is C35H64N6O10SSi2. The fraction of sp³-hybridized carbons (Fsp3) is 0.771. The Morgan fingerprint density at radius 3 is 2.09 bits per heavy atom. The highest BCUT2D eigenvalue weighted by Crippen LogP contribution is 2.52. The third-order valence-corrected chi connectivity index (χ3v) is 21.3. The number of nitrogens with one attached hydrogen (secondary N) is 2. The molecule has 308 valence electrons. The van der Waals surface area contributed by atoms with E-state index >= 15 is 0 Å². The first kappa shape index (κ1) is 45.7. The van der Waals surface area contributed by atoms with Crippen LogP contribution in [0.5, 0.6) is 0 Å². The van der Waals surface area contributed by atoms with Gasteiger partial charge in [-0.3, -0.25) is 23.5 Å². The molecule has 16 nitrogen and oxygen atoms in total. The Balaban J connectivity index is 2.04. The molecule has 6 atom stereocenters. The zero-order valence-electron chi connectivity index (χ0n) is 34.5. The fourth-order valence-corrected chi connectivity index (χ4v) is 9.14. The lowest BCUT2D eigenvalue weighted by atomic mass is 9.89. The van der Waals surface area contributed by atoms with Gasteiger partial charge in [0.2, 0.25) is 11.8 Å². The minimum atomic E-state index is -4.29. The molecule has 1 saturated heterocycles. The van der Waals surface area contributed by atoms with E-state index in [9.17, 15) is 27.6 Å². The molecule has 1 aromatic rings. The number of nitrogens with zero attached hydrogens (tertiary/aromatic N) is 2. The van der Waals surface area contributed by atoms with Crippen LogP contribution in [0.1, 0.15) is 80.5 Å². The normalized spacial score (nSPS) is 24.4. The molecule has 1 spiro atoms. The van der Waals surface area contributed by atoms with Gasteiger partial charge in [-0.15, -0.1) is 0 Å². The smallest absolute Gasteiger partial charge is 0.333 e. The fourth-order valence-electron chi connectivity index (χ4n) is 5.63. The summed E-state index contributed by atoms with van der Waals surface area (Å²) in [6.07, 6.45) is -2.10. The van der Waals surface area contributed by atoms with Crippen molar-refractivity contribution in [3.05, 3.63) is 43.7 Å². The van der Waals surface area contributed by atoms with Crippen LogP contribution in [0.25, 0.3) is 0 Å². The lowest BCUT2D eigenvalue weighted by Crippen LogP contribution is -2.59. The number of amides is 2. The van der Waals surface area contributed by atoms with Gasteiger partial charge in [-0.2, -0.15) is 8.42 Å². The number of ether oxygens (including phenoxy) is 1. The lowest BCUT2D eigenvalue weighted by Gasteiger charge is -2.43. The maximum Gasteiger partial charge on any atom is 0.333 e. The van der Waals surface area contributed by atoms with E-state index in [-0.39, 0.29) is 53.4 Å². The van der Waals surface area contributed by atoms with Crippen LogP contribution in [0, 0.1) is 12.8 Å². The maximum atomic E-state index is 14.3. The van der Waals surface area contributed by atoms with Gasteiger partial charge in [0, 0.05) is 24.8 Å². The van der Waals surface area contributed by atoms with Crippen molar-refractivity contribution in [2.45, 2.75) is 155 Å². The number of hydrogen-bond donors (Lipinski definition) is 4. The van der Waals surface area contributed by atoms with Gasteiger partial charge in [0.15, 0.2) is 28.5 Å². The molecule has 0 saturated carbocycles. The minimum Gasteiger partial charge on any atom is -0.414 e. The average Bonchev–Trinajstić information content (AvgIpc) is 3.45. The monoisotopic (exact) mass is 816 g/mol. The number of hydrogen-bond acceptors (Lipinski definition) is 12. The number of carbonyl (C=O) groups excluding carboxylic acids is 2. The largest absolute Gasteiger partial charge is 0.414 e. The van der Waals surface area contributed by atoms with Crippen molar-refractivity contribution in [2.75, 3.05) is 13.2 Å². The maximum absolute atomic E-state index is 14.3. The highest BCUT2D eigenvalue weighted by atomic mass is 32.2. The number of nitrogens with two attached hydrogens (primary N) is 2. The zero-order chi connectivity index (χ0) is 41.6. The summed E-state index contributed by atoms with van der Waals surface area (Å²) in [6, 6.07) is -1.62. The van der Waals surface area contributed by atoms with Crippen LogP contribution in [-0.4, -0.2) is 89.0 Å². The van der Waals surface area contributed by atoms with Gasteiger partial charge in [0.1, 0.15) is 18.2 Å². The molecule has 0 radical (unpaired) electrons. The van der Waals surface area contributed by atoms with Gasteiger partial charge < -0.3 is 35.7 Å². The molecule has 6 N–H and O–H groups in total. The van der Waals surface area contributed by atoms with Crippen molar-refractivity contribution in [2.24, 2.45) is 17.4 Å². The standard InChI is InChI=1S/C35H64N6O10SSi2/c1-21(2)26(37)29(43)39-23(4)28(42)38-16-15-17-40-30(44)22(3)18-41(32(40)45)31-27(50-54(13,14)34(8,9)10)35(24(36)20-52(46,47)51-35)25(49-31)19-48-53(11,12)33(5,6)7/h18,20-21,23,25-27,31H,15-17,19,36-37H2,1-14H3,(H,38,42)(H,39,43)/t23-,25+,26-,27-,31+,35+/m0/s1. The van der Waals surface area contributed by atoms with Gasteiger partial charge >= 0.3 is 5.69 Å². The summed E-state index contributed by atoms with van der Waals surface area (Å²) in [5, 5.41) is 5.61. The summed E-state index contributed by atoms with van der Waals surface area (Å²) < 4.78 is 54.6. The SMILES string of the molecule is Cc1cn([C@@H]2O[C@H](CO[Si](C)(C)C(C)(C)C)[C@@]3(OS(=O)(=O)C=C3N)[C@H]2O[Si](C)(C)C(C)(C)C)c(=O)n(CCCNC(=O)[C@H](C)NC(=O)[C@@H](N)C(C)C)c1=O. The molecule has 2 amide bonds. The van der Waals surface area contributed by atoms with Crippen LogP contribution in [0.3, 0.4) is 0 Å². The first-order valence-electron chi connectivity index (χ1n) is 18.5. The second kappa shape index (κ2) is 16.1. The lowest BCUT2D eigenvalue weighted by molar-refractivity contribution is -0.129. The number of rotatable bonds is 14. The Morgan fingerprint density at radius 2 is 1.59 bits per heavy atom. The molecule has 0 unspecified atom stereocenters. The van der Waals surface area contributed by atoms with Crippen LogP contribution >= 0.6 is 0 Å². The van der Waals surface area contributed by atoms with E-state index in [1.54, 1.807) is 20.8 Å². The van der Waals surface area contributed by atoms with Gasteiger partial charge in [0.05, 0.1) is 23.8 Å². The summed E-state index contributed by atoms with van der Waals surface area (Å²) in [6.45, 7) is 26.9. The van der Waals surface area contributed by atoms with Crippen LogP contribution in [0.2, 0.25) is 36.3 Å². The molecule has 1 fully saturated rings. The van der Waals surface area contributed by atoms with Crippen molar-refractivity contribution >= 4 is 38.6 Å². The minimum absolute atomic E-state index is 0.0744. The topological polar surface area (TPSA) is 225 Å². The van der Waals surface area contributed by atoms with Gasteiger partial charge in [-0.05, 0) is 62.5 Å². The van der Waals surface area contributed by atoms with E-state index in [2.05, 4.69) is 31.4 Å². The average molecular weight is 817 g/mol. The first-order chi connectivity index (χ1) is 24.4. The van der Waals surface area contributed by atoms with Crippen molar-refractivity contribution in [3.8, 4) is 0 Å². The second-order valence-electron chi connectivity index (χ2n) is 17.9. The van der Waals surface area contributed by atoms with Gasteiger partial charge in [0.25, 0.3) is 15.7 Å². The van der Waals surface area contributed by atoms with Crippen LogP contribution in [0.4, 0.5) is 0 Å². The molecule has 2 aliphatic heterocycles. The summed E-state index contributed by atoms with van der Waals surface area (Å²) in [5.41, 5.74) is 9.39. The quantitative estimate of drug-likeness (QED) is 0.121. The third-order valence-electron chi connectivity index (χ3n) is 11.3. The molecular weight excluding hydrogens is 753 g/mol. The molecule has 1 aromatic heterocycles. The molecule has 3 heterocycles. The predicted octanol–water partition coefficient (Wildman–Crippen LogP) is 2.52. The summed E-state index contributed by atoms with van der Waals surface area (Å²) in [7, 11) is -9.51. The molecule has 54 heavy (non-hydrogen) atoms. The van der Waals surface area contributed by atoms with Crippen molar-refractivity contribution in [1.29, 1.82) is 0 Å². The van der Waals surface area contributed by atoms with E-state index in [1.807, 2.05) is 47.0 Å². The van der Waals surface area contributed by atoms with Gasteiger partial charge in [-0.25, -0.2) is 8.98 Å². The Hall–Kier alpha value is -2.66. The number of aromatic nitrogens is 2. The van der Waals surface area contributed by atoms with E-state index in [0.717, 1.165) is 9.98 Å². The van der Waals surface area contributed by atoms with E-state index in [0.29, 0.717) is 0 Å². The molecule has 19 heteroatoms. The van der Waals surface area contributed by atoms with Crippen molar-refractivity contribution < 1.29 is 35.8 Å². The molecule has 2 aliphatic rings. The highest BCUT2D eigenvalue weighted by molar-refractivity contribution is 7.90. The molecule has 0 bridgehead atoms. The van der Waals surface area contributed by atoms with E-state index < -0.39 is 85.9 Å². The van der Waals surface area contributed by atoms with E-state index in [1.165, 1.54) is 17.7 Å². The Bertz CT molecular complexity index is 1830. The third kappa shape index (κ3) is 9.47. The molecule has 0 aromatic carbocycles. The summed E-state index contributed by atoms with van der Waals surface area (Å²) in [5.74, 6) is -1.01. The van der Waals surface area contributed by atoms with Crippen LogP contribution < -0.4 is 33.3 Å².